The van der Waals surface area contributed by atoms with E-state index in [1.165, 1.54) is 4.57 Å². The summed E-state index contributed by atoms with van der Waals surface area (Å²) in [5, 5.41) is 0. The topological polar surface area (TPSA) is 53.2 Å². The van der Waals surface area contributed by atoms with Crippen molar-refractivity contribution >= 4 is 5.91 Å². The van der Waals surface area contributed by atoms with E-state index in [9.17, 15) is 9.59 Å². The number of imidazole rings is 1. The molecule has 3 aromatic rings. The summed E-state index contributed by atoms with van der Waals surface area (Å²) in [5.41, 5.74) is 2.98. The highest BCUT2D eigenvalue weighted by molar-refractivity contribution is 5.81. The Morgan fingerprint density at radius 3 is 2.26 bits per heavy atom. The van der Waals surface area contributed by atoms with Crippen molar-refractivity contribution in [2.24, 2.45) is 0 Å². The van der Waals surface area contributed by atoms with Gasteiger partial charge in [0.05, 0.1) is 24.5 Å². The van der Waals surface area contributed by atoms with E-state index >= 15 is 0 Å². The van der Waals surface area contributed by atoms with E-state index in [1.807, 2.05) is 68.4 Å². The monoisotopic (exact) mass is 364 g/mol. The van der Waals surface area contributed by atoms with Crippen molar-refractivity contribution < 1.29 is 9.53 Å². The largest absolute Gasteiger partial charge is 0.497 e. The highest BCUT2D eigenvalue weighted by atomic mass is 16.5. The van der Waals surface area contributed by atoms with Crippen molar-refractivity contribution in [3.05, 3.63) is 76.3 Å². The molecule has 0 saturated heterocycles. The summed E-state index contributed by atoms with van der Waals surface area (Å²) in [7, 11) is 1.62. The molecule has 0 amide bonds. The van der Waals surface area contributed by atoms with Crippen molar-refractivity contribution in [3.8, 4) is 17.0 Å². The standard InChI is InChI=1S/C22H24N2O3/c1-5-20(25)23-16(3)21(18-11-13-19(27-4)14-12-18)24(22(23)26)15(2)17-9-7-6-8-10-17/h6-15H,5H2,1-4H3/t15-/m0/s1. The Kier molecular flexibility index (Phi) is 5.31. The lowest BCUT2D eigenvalue weighted by atomic mass is 10.1. The maximum absolute atomic E-state index is 13.2. The minimum absolute atomic E-state index is 0.203. The van der Waals surface area contributed by atoms with E-state index < -0.39 is 0 Å². The van der Waals surface area contributed by atoms with Gasteiger partial charge in [-0.25, -0.2) is 9.36 Å². The van der Waals surface area contributed by atoms with Crippen molar-refractivity contribution in [1.29, 1.82) is 0 Å². The van der Waals surface area contributed by atoms with Gasteiger partial charge in [-0.15, -0.1) is 0 Å². The molecule has 2 aromatic carbocycles. The van der Waals surface area contributed by atoms with Crippen molar-refractivity contribution in [1.82, 2.24) is 9.13 Å². The zero-order valence-electron chi connectivity index (χ0n) is 16.1. The fraction of sp³-hybridized carbons (Fsp3) is 0.273. The predicted octanol–water partition coefficient (Wildman–Crippen LogP) is 4.29. The van der Waals surface area contributed by atoms with Crippen molar-refractivity contribution in [2.45, 2.75) is 33.2 Å². The minimum atomic E-state index is -0.304. The highest BCUT2D eigenvalue weighted by Gasteiger charge is 2.25. The first-order chi connectivity index (χ1) is 13.0. The van der Waals surface area contributed by atoms with Gasteiger partial charge in [0, 0.05) is 12.0 Å². The number of nitrogens with zero attached hydrogens (tertiary/aromatic N) is 2. The summed E-state index contributed by atoms with van der Waals surface area (Å²) in [6.07, 6.45) is 0.270. The zero-order chi connectivity index (χ0) is 19.6. The van der Waals surface area contributed by atoms with Gasteiger partial charge < -0.3 is 4.74 Å². The molecule has 5 nitrogen and oxygen atoms in total. The number of benzene rings is 2. The van der Waals surface area contributed by atoms with Gasteiger partial charge in [0.1, 0.15) is 5.75 Å². The number of methoxy groups -OCH3 is 1. The zero-order valence-corrected chi connectivity index (χ0v) is 16.1. The lowest BCUT2D eigenvalue weighted by Crippen LogP contribution is -2.31. The van der Waals surface area contributed by atoms with Gasteiger partial charge >= 0.3 is 5.69 Å². The van der Waals surface area contributed by atoms with Crippen LogP contribution in [0.15, 0.2) is 59.4 Å². The Morgan fingerprint density at radius 2 is 1.70 bits per heavy atom. The average Bonchev–Trinajstić information content (AvgIpc) is 2.97. The summed E-state index contributed by atoms with van der Waals surface area (Å²) in [6.45, 7) is 5.56. The van der Waals surface area contributed by atoms with E-state index in [1.54, 1.807) is 18.6 Å². The Morgan fingerprint density at radius 1 is 1.07 bits per heavy atom. The molecule has 5 heteroatoms. The third-order valence-electron chi connectivity index (χ3n) is 4.90. The molecule has 0 spiro atoms. The molecule has 0 fully saturated rings. The molecule has 1 atom stereocenters. The van der Waals surface area contributed by atoms with Crippen molar-refractivity contribution in [3.63, 3.8) is 0 Å². The summed E-state index contributed by atoms with van der Waals surface area (Å²) < 4.78 is 8.24. The third-order valence-corrected chi connectivity index (χ3v) is 4.90. The van der Waals surface area contributed by atoms with E-state index in [4.69, 9.17) is 4.74 Å². The molecule has 0 aliphatic heterocycles. The van der Waals surface area contributed by atoms with Crippen LogP contribution in [0.3, 0.4) is 0 Å². The Labute approximate surface area is 158 Å². The fourth-order valence-corrected chi connectivity index (χ4v) is 3.42. The van der Waals surface area contributed by atoms with Crippen LogP contribution in [0.1, 0.15) is 42.4 Å². The Balaban J connectivity index is 2.27. The molecule has 3 rings (SSSR count). The fourth-order valence-electron chi connectivity index (χ4n) is 3.42. The van der Waals surface area contributed by atoms with Crippen LogP contribution in [0.2, 0.25) is 0 Å². The summed E-state index contributed by atoms with van der Waals surface area (Å²) in [5.74, 6) is 0.539. The highest BCUT2D eigenvalue weighted by Crippen LogP contribution is 2.29. The second-order valence-electron chi connectivity index (χ2n) is 6.48. The van der Waals surface area contributed by atoms with Crippen LogP contribution in [0, 0.1) is 6.92 Å². The molecule has 0 aliphatic rings. The van der Waals surface area contributed by atoms with E-state index in [2.05, 4.69) is 0 Å². The molecule has 0 radical (unpaired) electrons. The molecule has 0 N–H and O–H groups in total. The molecule has 0 aliphatic carbocycles. The molecule has 0 unspecified atom stereocenters. The summed E-state index contributed by atoms with van der Waals surface area (Å²) in [6, 6.07) is 17.2. The average molecular weight is 364 g/mol. The number of hydrogen-bond acceptors (Lipinski definition) is 3. The van der Waals surface area contributed by atoms with Gasteiger partial charge in [-0.05, 0) is 43.7 Å². The first-order valence-corrected chi connectivity index (χ1v) is 9.06. The molecular formula is C22H24N2O3. The molecular weight excluding hydrogens is 340 g/mol. The second-order valence-corrected chi connectivity index (χ2v) is 6.48. The van der Waals surface area contributed by atoms with Crippen LogP contribution >= 0.6 is 0 Å². The van der Waals surface area contributed by atoms with Crippen LogP contribution in [-0.2, 0) is 0 Å². The Hall–Kier alpha value is -3.08. The molecule has 0 bridgehead atoms. The molecule has 1 aromatic heterocycles. The number of ether oxygens (including phenoxy) is 1. The lowest BCUT2D eigenvalue weighted by Gasteiger charge is -2.17. The van der Waals surface area contributed by atoms with Gasteiger partial charge in [-0.1, -0.05) is 37.3 Å². The molecule has 140 valence electrons. The smallest absolute Gasteiger partial charge is 0.336 e. The summed E-state index contributed by atoms with van der Waals surface area (Å²) in [4.78, 5) is 25.6. The minimum Gasteiger partial charge on any atom is -0.497 e. The number of carbonyl (C=O) groups is 1. The quantitative estimate of drug-likeness (QED) is 0.678. The second kappa shape index (κ2) is 7.66. The predicted molar refractivity (Wildman–Crippen MR) is 107 cm³/mol. The third kappa shape index (κ3) is 3.33. The Bertz CT molecular complexity index is 999. The normalized spacial score (nSPS) is 12.0. The number of carbonyl (C=O) groups excluding carboxylic acids is 1. The van der Waals surface area contributed by atoms with Crippen LogP contribution in [0.5, 0.6) is 5.75 Å². The maximum atomic E-state index is 13.2. The van der Waals surface area contributed by atoms with Crippen LogP contribution in [0.25, 0.3) is 11.3 Å². The van der Waals surface area contributed by atoms with Crippen LogP contribution in [0.4, 0.5) is 0 Å². The van der Waals surface area contributed by atoms with E-state index in [-0.39, 0.29) is 24.1 Å². The molecule has 0 saturated carbocycles. The van der Waals surface area contributed by atoms with Crippen LogP contribution < -0.4 is 10.4 Å². The van der Waals surface area contributed by atoms with Crippen molar-refractivity contribution in [2.75, 3.05) is 7.11 Å². The number of hydrogen-bond donors (Lipinski definition) is 0. The summed E-state index contributed by atoms with van der Waals surface area (Å²) >= 11 is 0. The van der Waals surface area contributed by atoms with Crippen LogP contribution in [-0.4, -0.2) is 22.2 Å². The SMILES string of the molecule is CCC(=O)n1c(C)c(-c2ccc(OC)cc2)n([C@@H](C)c2ccccc2)c1=O. The van der Waals surface area contributed by atoms with Gasteiger partial charge in [-0.3, -0.25) is 9.36 Å². The molecule has 27 heavy (non-hydrogen) atoms. The number of rotatable bonds is 5. The number of aromatic nitrogens is 2. The van der Waals surface area contributed by atoms with Gasteiger partial charge in [0.15, 0.2) is 0 Å². The van der Waals surface area contributed by atoms with E-state index in [0.717, 1.165) is 22.6 Å². The maximum Gasteiger partial charge on any atom is 0.336 e. The van der Waals surface area contributed by atoms with E-state index in [0.29, 0.717) is 5.69 Å². The van der Waals surface area contributed by atoms with Gasteiger partial charge in [0.25, 0.3) is 0 Å². The molecule has 1 heterocycles. The van der Waals surface area contributed by atoms with Gasteiger partial charge in [-0.2, -0.15) is 0 Å². The van der Waals surface area contributed by atoms with Gasteiger partial charge in [0.2, 0.25) is 5.91 Å². The first kappa shape index (κ1) is 18.7. The lowest BCUT2D eigenvalue weighted by molar-refractivity contribution is 0.0901. The first-order valence-electron chi connectivity index (χ1n) is 9.06.